The van der Waals surface area contributed by atoms with E-state index in [4.69, 9.17) is 37.0 Å². The van der Waals surface area contributed by atoms with E-state index in [0.717, 1.165) is 95.8 Å². The topological polar surface area (TPSA) is 237 Å². The number of unbranched alkanes of at least 4 members (excludes halogenated alkanes) is 44. The standard InChI is InChI=1S/C72H140O17P2/c1-6-9-12-15-18-21-23-25-26-28-32-38-43-48-53-58-72(77)89-68(62-83-70(75)56-51-46-41-36-33-29-30-35-39-44-49-54-65(4)5)64-87-91(80,81)85-60-66(73)59-84-90(78,79)86-63-67(61-82-69(74)55-50-45-40-34-20-17-14-11-8-3)88-71(76)57-52-47-42-37-31-27-24-22-19-16-13-10-7-2/h65-68,73H,6-64H2,1-5H3,(H,78,79)(H,80,81)/t66-,67+,68+/m0/s1. The van der Waals surface area contributed by atoms with E-state index in [1.165, 1.54) is 199 Å². The number of carbonyl (C=O) groups is 4. The number of ether oxygens (including phenoxy) is 4. The van der Waals surface area contributed by atoms with E-state index in [1.54, 1.807) is 0 Å². The molecule has 2 unspecified atom stereocenters. The van der Waals surface area contributed by atoms with E-state index in [-0.39, 0.29) is 25.7 Å². The van der Waals surface area contributed by atoms with Crippen LogP contribution in [0.15, 0.2) is 0 Å². The summed E-state index contributed by atoms with van der Waals surface area (Å²) in [5.41, 5.74) is 0. The molecule has 0 rings (SSSR count). The fourth-order valence-corrected chi connectivity index (χ4v) is 12.6. The van der Waals surface area contributed by atoms with Crippen molar-refractivity contribution >= 4 is 39.5 Å². The van der Waals surface area contributed by atoms with Gasteiger partial charge in [0, 0.05) is 25.7 Å². The molecule has 17 nitrogen and oxygen atoms in total. The van der Waals surface area contributed by atoms with Crippen LogP contribution >= 0.6 is 15.6 Å². The lowest BCUT2D eigenvalue weighted by molar-refractivity contribution is -0.161. The Morgan fingerprint density at radius 3 is 0.747 bits per heavy atom. The third kappa shape index (κ3) is 66.5. The van der Waals surface area contributed by atoms with Gasteiger partial charge in [-0.1, -0.05) is 324 Å². The molecule has 0 aromatic rings. The number of hydrogen-bond donors (Lipinski definition) is 3. The Bertz CT molecular complexity index is 1750. The number of rotatable bonds is 72. The largest absolute Gasteiger partial charge is 0.472 e. The predicted octanol–water partition coefficient (Wildman–Crippen LogP) is 20.9. The zero-order chi connectivity index (χ0) is 67.0. The molecule has 5 atom stereocenters. The van der Waals surface area contributed by atoms with Gasteiger partial charge in [0.1, 0.15) is 19.3 Å². The van der Waals surface area contributed by atoms with Crippen molar-refractivity contribution in [3.05, 3.63) is 0 Å². The summed E-state index contributed by atoms with van der Waals surface area (Å²) in [6.45, 7) is 7.26. The van der Waals surface area contributed by atoms with Crippen LogP contribution < -0.4 is 0 Å². The number of hydrogen-bond acceptors (Lipinski definition) is 15. The van der Waals surface area contributed by atoms with E-state index in [0.29, 0.717) is 25.7 Å². The molecule has 3 N–H and O–H groups in total. The molecule has 0 saturated heterocycles. The number of esters is 4. The van der Waals surface area contributed by atoms with Crippen LogP contribution in [0.3, 0.4) is 0 Å². The minimum atomic E-state index is -4.95. The number of carbonyl (C=O) groups excluding carboxylic acids is 4. The van der Waals surface area contributed by atoms with Gasteiger partial charge in [0.05, 0.1) is 26.4 Å². The molecule has 0 aliphatic rings. The van der Waals surface area contributed by atoms with Gasteiger partial charge in [0.15, 0.2) is 12.2 Å². The number of aliphatic hydroxyl groups excluding tert-OH is 1. The van der Waals surface area contributed by atoms with E-state index in [1.807, 2.05) is 0 Å². The summed E-state index contributed by atoms with van der Waals surface area (Å²) in [4.78, 5) is 72.6. The fourth-order valence-electron chi connectivity index (χ4n) is 11.0. The Hall–Kier alpha value is -1.94. The summed E-state index contributed by atoms with van der Waals surface area (Å²) < 4.78 is 68.4. The van der Waals surface area contributed by atoms with Gasteiger partial charge in [-0.3, -0.25) is 37.3 Å². The smallest absolute Gasteiger partial charge is 0.462 e. The number of aliphatic hydroxyl groups is 1. The molecular formula is C72H140O17P2. The summed E-state index contributed by atoms with van der Waals surface area (Å²) in [5, 5.41) is 10.6. The fraction of sp³-hybridized carbons (Fsp3) is 0.944. The molecule has 0 radical (unpaired) electrons. The van der Waals surface area contributed by atoms with Crippen LogP contribution in [0.25, 0.3) is 0 Å². The maximum absolute atomic E-state index is 13.0. The third-order valence-corrected chi connectivity index (χ3v) is 18.7. The van der Waals surface area contributed by atoms with Crippen molar-refractivity contribution in [3.63, 3.8) is 0 Å². The van der Waals surface area contributed by atoms with Crippen molar-refractivity contribution in [3.8, 4) is 0 Å². The lowest BCUT2D eigenvalue weighted by atomic mass is 10.0. The Morgan fingerprint density at radius 2 is 0.505 bits per heavy atom. The van der Waals surface area contributed by atoms with Gasteiger partial charge < -0.3 is 33.8 Å². The van der Waals surface area contributed by atoms with E-state index in [9.17, 15) is 43.2 Å². The molecule has 0 amide bonds. The average Bonchev–Trinajstić information content (AvgIpc) is 3.57. The van der Waals surface area contributed by atoms with Crippen LogP contribution in [-0.4, -0.2) is 96.7 Å². The van der Waals surface area contributed by atoms with Gasteiger partial charge in [0.25, 0.3) is 0 Å². The highest BCUT2D eigenvalue weighted by Crippen LogP contribution is 2.45. The molecule has 19 heteroatoms. The third-order valence-electron chi connectivity index (χ3n) is 16.8. The zero-order valence-electron chi connectivity index (χ0n) is 59.0. The monoisotopic (exact) mass is 1340 g/mol. The molecule has 0 aromatic heterocycles. The molecule has 0 fully saturated rings. The van der Waals surface area contributed by atoms with Gasteiger partial charge in [-0.15, -0.1) is 0 Å². The quantitative estimate of drug-likeness (QED) is 0.0222. The minimum Gasteiger partial charge on any atom is -0.462 e. The summed E-state index contributed by atoms with van der Waals surface area (Å²) in [5.74, 6) is -1.35. The molecule has 0 bridgehead atoms. The normalized spacial score (nSPS) is 14.0. The minimum absolute atomic E-state index is 0.108. The Kier molecular flexibility index (Phi) is 64.0. The van der Waals surface area contributed by atoms with Crippen LogP contribution in [0.1, 0.15) is 375 Å². The molecule has 0 saturated carbocycles. The van der Waals surface area contributed by atoms with Crippen LogP contribution in [0.5, 0.6) is 0 Å². The van der Waals surface area contributed by atoms with E-state index in [2.05, 4.69) is 34.6 Å². The first-order valence-electron chi connectivity index (χ1n) is 37.6. The summed E-state index contributed by atoms with van der Waals surface area (Å²) in [6, 6.07) is 0. The molecule has 0 aliphatic heterocycles. The first kappa shape index (κ1) is 89.1. The summed E-state index contributed by atoms with van der Waals surface area (Å²) in [6.07, 6.45) is 52.5. The van der Waals surface area contributed by atoms with Gasteiger partial charge in [-0.25, -0.2) is 9.13 Å². The van der Waals surface area contributed by atoms with E-state index >= 15 is 0 Å². The highest BCUT2D eigenvalue weighted by atomic mass is 31.2. The van der Waals surface area contributed by atoms with Crippen molar-refractivity contribution in [1.29, 1.82) is 0 Å². The van der Waals surface area contributed by atoms with Gasteiger partial charge in [-0.2, -0.15) is 0 Å². The van der Waals surface area contributed by atoms with Crippen molar-refractivity contribution in [1.82, 2.24) is 0 Å². The molecule has 0 aromatic carbocycles. The van der Waals surface area contributed by atoms with Crippen LogP contribution in [-0.2, 0) is 65.4 Å². The number of phosphoric acid groups is 2. The highest BCUT2D eigenvalue weighted by Gasteiger charge is 2.30. The Balaban J connectivity index is 5.24. The second-order valence-electron chi connectivity index (χ2n) is 26.5. The summed E-state index contributed by atoms with van der Waals surface area (Å²) >= 11 is 0. The predicted molar refractivity (Wildman–Crippen MR) is 368 cm³/mol. The maximum atomic E-state index is 13.0. The Labute approximate surface area is 556 Å². The molecule has 0 aliphatic carbocycles. The molecule has 91 heavy (non-hydrogen) atoms. The van der Waals surface area contributed by atoms with E-state index < -0.39 is 97.5 Å². The first-order valence-corrected chi connectivity index (χ1v) is 40.6. The van der Waals surface area contributed by atoms with Crippen molar-refractivity contribution in [2.24, 2.45) is 5.92 Å². The second kappa shape index (κ2) is 65.4. The SMILES string of the molecule is CCCCCCCCCCCCCCCCCC(=O)O[C@H](COC(=O)CCCCCCCCCCCCCC(C)C)COP(=O)(O)OC[C@@H](O)COP(=O)(O)OC[C@@H](COC(=O)CCCCCCCCCCC)OC(=O)CCCCCCCCCCCCCCC. The number of phosphoric ester groups is 2. The van der Waals surface area contributed by atoms with Crippen LogP contribution in [0, 0.1) is 5.92 Å². The molecular weight excluding hydrogens is 1200 g/mol. The van der Waals surface area contributed by atoms with Crippen molar-refractivity contribution in [2.45, 2.75) is 393 Å². The lowest BCUT2D eigenvalue weighted by Crippen LogP contribution is -2.30. The first-order chi connectivity index (χ1) is 44.0. The molecule has 0 spiro atoms. The molecule has 0 heterocycles. The van der Waals surface area contributed by atoms with Gasteiger partial charge in [-0.05, 0) is 31.6 Å². The average molecular weight is 1340 g/mol. The van der Waals surface area contributed by atoms with Crippen molar-refractivity contribution < 1.29 is 80.2 Å². The van der Waals surface area contributed by atoms with Crippen LogP contribution in [0.4, 0.5) is 0 Å². The Morgan fingerprint density at radius 1 is 0.297 bits per heavy atom. The van der Waals surface area contributed by atoms with Gasteiger partial charge in [0.2, 0.25) is 0 Å². The highest BCUT2D eigenvalue weighted by molar-refractivity contribution is 7.47. The zero-order valence-corrected chi connectivity index (χ0v) is 60.8. The lowest BCUT2D eigenvalue weighted by Gasteiger charge is -2.21. The van der Waals surface area contributed by atoms with Crippen molar-refractivity contribution in [2.75, 3.05) is 39.6 Å². The molecule has 540 valence electrons. The van der Waals surface area contributed by atoms with Crippen LogP contribution in [0.2, 0.25) is 0 Å². The summed E-state index contributed by atoms with van der Waals surface area (Å²) in [7, 11) is -9.90. The second-order valence-corrected chi connectivity index (χ2v) is 29.4. The van der Waals surface area contributed by atoms with Gasteiger partial charge >= 0.3 is 39.5 Å². The maximum Gasteiger partial charge on any atom is 0.472 e.